The molecule has 1 saturated heterocycles. The van der Waals surface area contributed by atoms with E-state index in [1.165, 1.54) is 29.2 Å². The van der Waals surface area contributed by atoms with Crippen LogP contribution in [0.1, 0.15) is 34.8 Å². The second-order valence-electron chi connectivity index (χ2n) is 6.47. The lowest BCUT2D eigenvalue weighted by atomic mass is 10.0. The van der Waals surface area contributed by atoms with Crippen molar-refractivity contribution in [3.8, 4) is 0 Å². The van der Waals surface area contributed by atoms with Gasteiger partial charge in [-0.15, -0.1) is 0 Å². The highest BCUT2D eigenvalue weighted by molar-refractivity contribution is 6.15. The van der Waals surface area contributed by atoms with Crippen molar-refractivity contribution in [2.24, 2.45) is 0 Å². The Morgan fingerprint density at radius 2 is 1.69 bits per heavy atom. The number of nitro groups is 1. The third-order valence-corrected chi connectivity index (χ3v) is 4.95. The molecule has 7 nitrogen and oxygen atoms in total. The van der Waals surface area contributed by atoms with E-state index in [1.807, 2.05) is 6.07 Å². The van der Waals surface area contributed by atoms with E-state index < -0.39 is 11.0 Å². The molecule has 2 amide bonds. The van der Waals surface area contributed by atoms with Crippen LogP contribution in [0.2, 0.25) is 0 Å². The van der Waals surface area contributed by atoms with Gasteiger partial charge in [0.25, 0.3) is 11.6 Å². The molecule has 132 valence electrons. The SMILES string of the molecule is O=C(C1c2ccccc2C(=O)N1c1ccc([N+](=O)[O-])cc1)N1CCCC1. The molecule has 1 fully saturated rings. The molecule has 2 heterocycles. The molecule has 0 aromatic heterocycles. The number of nitrogens with zero attached hydrogens (tertiary/aromatic N) is 3. The molecule has 0 N–H and O–H groups in total. The van der Waals surface area contributed by atoms with Crippen LogP contribution in [0.3, 0.4) is 0 Å². The minimum atomic E-state index is -0.724. The predicted molar refractivity (Wildman–Crippen MR) is 94.9 cm³/mol. The van der Waals surface area contributed by atoms with E-state index in [4.69, 9.17) is 0 Å². The number of benzene rings is 2. The smallest absolute Gasteiger partial charge is 0.269 e. The van der Waals surface area contributed by atoms with Gasteiger partial charge < -0.3 is 4.90 Å². The Labute approximate surface area is 150 Å². The molecule has 7 heteroatoms. The molecule has 1 unspecified atom stereocenters. The highest BCUT2D eigenvalue weighted by Gasteiger charge is 2.43. The van der Waals surface area contributed by atoms with Crippen LogP contribution < -0.4 is 4.90 Å². The van der Waals surface area contributed by atoms with Crippen LogP contribution in [0, 0.1) is 10.1 Å². The molecule has 0 aliphatic carbocycles. The maximum absolute atomic E-state index is 13.1. The molecule has 0 radical (unpaired) electrons. The van der Waals surface area contributed by atoms with Gasteiger partial charge in [0.15, 0.2) is 0 Å². The summed E-state index contributed by atoms with van der Waals surface area (Å²) in [4.78, 5) is 39.7. The third-order valence-electron chi connectivity index (χ3n) is 4.95. The number of amides is 2. The molecule has 0 bridgehead atoms. The average molecular weight is 351 g/mol. The van der Waals surface area contributed by atoms with E-state index in [9.17, 15) is 19.7 Å². The molecule has 2 aliphatic heterocycles. The second-order valence-corrected chi connectivity index (χ2v) is 6.47. The zero-order valence-electron chi connectivity index (χ0n) is 14.0. The summed E-state index contributed by atoms with van der Waals surface area (Å²) < 4.78 is 0. The van der Waals surface area contributed by atoms with Crippen molar-refractivity contribution in [1.29, 1.82) is 0 Å². The van der Waals surface area contributed by atoms with Crippen LogP contribution >= 0.6 is 0 Å². The van der Waals surface area contributed by atoms with Crippen molar-refractivity contribution in [1.82, 2.24) is 4.90 Å². The van der Waals surface area contributed by atoms with Crippen LogP contribution in [-0.4, -0.2) is 34.7 Å². The molecular formula is C19H17N3O4. The maximum Gasteiger partial charge on any atom is 0.269 e. The van der Waals surface area contributed by atoms with Gasteiger partial charge in [0.1, 0.15) is 6.04 Å². The van der Waals surface area contributed by atoms with E-state index in [-0.39, 0.29) is 17.5 Å². The standard InChI is InChI=1S/C19H17N3O4/c23-18-16-6-2-1-5-15(16)17(19(24)20-11-3-4-12-20)21(18)13-7-9-14(10-8-13)22(25)26/h1-2,5-10,17H,3-4,11-12H2. The van der Waals surface area contributed by atoms with E-state index in [0.29, 0.717) is 29.9 Å². The van der Waals surface area contributed by atoms with Gasteiger partial charge in [0, 0.05) is 36.5 Å². The Morgan fingerprint density at radius 3 is 2.35 bits per heavy atom. The maximum atomic E-state index is 13.1. The monoisotopic (exact) mass is 351 g/mol. The van der Waals surface area contributed by atoms with E-state index in [2.05, 4.69) is 0 Å². The molecule has 1 atom stereocenters. The number of nitro benzene ring substituents is 1. The van der Waals surface area contributed by atoms with Gasteiger partial charge in [-0.05, 0) is 36.6 Å². The van der Waals surface area contributed by atoms with Gasteiger partial charge in [0.05, 0.1) is 4.92 Å². The summed E-state index contributed by atoms with van der Waals surface area (Å²) in [7, 11) is 0. The Kier molecular flexibility index (Phi) is 3.91. The van der Waals surface area contributed by atoms with E-state index in [0.717, 1.165) is 12.8 Å². The normalized spacial score (nSPS) is 18.9. The quantitative estimate of drug-likeness (QED) is 0.629. The minimum Gasteiger partial charge on any atom is -0.341 e. The van der Waals surface area contributed by atoms with Gasteiger partial charge in [-0.3, -0.25) is 24.6 Å². The highest BCUT2D eigenvalue weighted by Crippen LogP contribution is 2.39. The Hall–Kier alpha value is -3.22. The number of carbonyl (C=O) groups excluding carboxylic acids is 2. The largest absolute Gasteiger partial charge is 0.341 e. The fraction of sp³-hybridized carbons (Fsp3) is 0.263. The molecular weight excluding hydrogens is 334 g/mol. The highest BCUT2D eigenvalue weighted by atomic mass is 16.6. The number of likely N-dealkylation sites (tertiary alicyclic amines) is 1. The lowest BCUT2D eigenvalue weighted by Gasteiger charge is -2.28. The summed E-state index contributed by atoms with van der Waals surface area (Å²) in [5.41, 5.74) is 1.62. The zero-order valence-corrected chi connectivity index (χ0v) is 14.0. The summed E-state index contributed by atoms with van der Waals surface area (Å²) in [6.45, 7) is 1.39. The summed E-state index contributed by atoms with van der Waals surface area (Å²) >= 11 is 0. The molecule has 2 aromatic rings. The fourth-order valence-corrected chi connectivity index (χ4v) is 3.67. The number of anilines is 1. The molecule has 4 rings (SSSR count). The van der Waals surface area contributed by atoms with Crippen molar-refractivity contribution >= 4 is 23.2 Å². The van der Waals surface area contributed by atoms with Gasteiger partial charge in [0.2, 0.25) is 5.91 Å². The van der Waals surface area contributed by atoms with Crippen LogP contribution in [0.15, 0.2) is 48.5 Å². The first-order valence-corrected chi connectivity index (χ1v) is 8.53. The zero-order chi connectivity index (χ0) is 18.3. The Morgan fingerprint density at radius 1 is 1.04 bits per heavy atom. The Balaban J connectivity index is 1.77. The van der Waals surface area contributed by atoms with Crippen LogP contribution in [0.5, 0.6) is 0 Å². The van der Waals surface area contributed by atoms with Gasteiger partial charge in [-0.25, -0.2) is 0 Å². The number of rotatable bonds is 3. The number of hydrogen-bond acceptors (Lipinski definition) is 4. The molecule has 2 aliphatic rings. The fourth-order valence-electron chi connectivity index (χ4n) is 3.67. The number of fused-ring (bicyclic) bond motifs is 1. The number of non-ortho nitro benzene ring substituents is 1. The second kappa shape index (κ2) is 6.25. The lowest BCUT2D eigenvalue weighted by Crippen LogP contribution is -2.40. The summed E-state index contributed by atoms with van der Waals surface area (Å²) in [6, 6.07) is 12.1. The van der Waals surface area contributed by atoms with Gasteiger partial charge in [-0.2, -0.15) is 0 Å². The Bertz CT molecular complexity index is 888. The number of carbonyl (C=O) groups is 2. The van der Waals surface area contributed by atoms with Crippen LogP contribution in [0.25, 0.3) is 0 Å². The first-order valence-electron chi connectivity index (χ1n) is 8.53. The van der Waals surface area contributed by atoms with Crippen LogP contribution in [-0.2, 0) is 4.79 Å². The summed E-state index contributed by atoms with van der Waals surface area (Å²) in [5, 5.41) is 10.9. The van der Waals surface area contributed by atoms with Gasteiger partial charge >= 0.3 is 0 Å². The minimum absolute atomic E-state index is 0.0553. The number of hydrogen-bond donors (Lipinski definition) is 0. The molecule has 0 saturated carbocycles. The van der Waals surface area contributed by atoms with Crippen molar-refractivity contribution in [3.63, 3.8) is 0 Å². The van der Waals surface area contributed by atoms with Crippen molar-refractivity contribution < 1.29 is 14.5 Å². The predicted octanol–water partition coefficient (Wildman–Crippen LogP) is 2.92. The van der Waals surface area contributed by atoms with Crippen LogP contribution in [0.4, 0.5) is 11.4 Å². The van der Waals surface area contributed by atoms with Crippen molar-refractivity contribution in [2.45, 2.75) is 18.9 Å². The van der Waals surface area contributed by atoms with Crippen molar-refractivity contribution in [3.05, 3.63) is 69.8 Å². The van der Waals surface area contributed by atoms with Gasteiger partial charge in [-0.1, -0.05) is 18.2 Å². The first kappa shape index (κ1) is 16.3. The summed E-state index contributed by atoms with van der Waals surface area (Å²) in [5.74, 6) is -0.355. The van der Waals surface area contributed by atoms with E-state index >= 15 is 0 Å². The molecule has 2 aromatic carbocycles. The molecule has 0 spiro atoms. The third kappa shape index (κ3) is 2.52. The molecule has 26 heavy (non-hydrogen) atoms. The van der Waals surface area contributed by atoms with E-state index in [1.54, 1.807) is 23.1 Å². The first-order chi connectivity index (χ1) is 12.6. The average Bonchev–Trinajstić information content (AvgIpc) is 3.28. The topological polar surface area (TPSA) is 83.8 Å². The summed E-state index contributed by atoms with van der Waals surface area (Å²) in [6.07, 6.45) is 1.93. The van der Waals surface area contributed by atoms with Crippen molar-refractivity contribution in [2.75, 3.05) is 18.0 Å². The lowest BCUT2D eigenvalue weighted by molar-refractivity contribution is -0.384.